The maximum Gasteiger partial charge on any atom is 0.338 e. The van der Waals surface area contributed by atoms with Crippen LogP contribution in [0.1, 0.15) is 43.0 Å². The predicted molar refractivity (Wildman–Crippen MR) is 144 cm³/mol. The van der Waals surface area contributed by atoms with Crippen molar-refractivity contribution in [2.75, 3.05) is 0 Å². The van der Waals surface area contributed by atoms with Crippen molar-refractivity contribution in [3.8, 4) is 0 Å². The highest BCUT2D eigenvalue weighted by Crippen LogP contribution is 2.65. The van der Waals surface area contributed by atoms with Crippen LogP contribution in [0.15, 0.2) is 109 Å². The van der Waals surface area contributed by atoms with Crippen LogP contribution >= 0.6 is 31.9 Å². The summed E-state index contributed by atoms with van der Waals surface area (Å²) < 4.78 is 10.6. The molecule has 0 radical (unpaired) electrons. The lowest BCUT2D eigenvalue weighted by Crippen LogP contribution is -2.64. The van der Waals surface area contributed by atoms with Crippen molar-refractivity contribution in [1.82, 2.24) is 0 Å². The molecular formula is C30H20Br2O4. The summed E-state index contributed by atoms with van der Waals surface area (Å²) in [6.45, 7) is 0. The van der Waals surface area contributed by atoms with Crippen LogP contribution in [0.25, 0.3) is 0 Å². The van der Waals surface area contributed by atoms with Gasteiger partial charge in [0.2, 0.25) is 0 Å². The van der Waals surface area contributed by atoms with E-state index in [1.165, 1.54) is 0 Å². The van der Waals surface area contributed by atoms with Crippen molar-refractivity contribution >= 4 is 43.8 Å². The molecule has 6 heteroatoms. The monoisotopic (exact) mass is 602 g/mol. The molecule has 0 aliphatic heterocycles. The molecule has 2 bridgehead atoms. The Balaban J connectivity index is 1.54. The Labute approximate surface area is 225 Å². The third kappa shape index (κ3) is 3.31. The third-order valence-electron chi connectivity index (χ3n) is 6.97. The van der Waals surface area contributed by atoms with E-state index in [-0.39, 0.29) is 0 Å². The largest absolute Gasteiger partial charge is 0.452 e. The summed E-state index contributed by atoms with van der Waals surface area (Å²) >= 11 is 8.04. The summed E-state index contributed by atoms with van der Waals surface area (Å²) in [5.41, 5.74) is 4.68. The molecule has 178 valence electrons. The van der Waals surface area contributed by atoms with Gasteiger partial charge >= 0.3 is 11.9 Å². The van der Waals surface area contributed by atoms with Crippen molar-refractivity contribution in [3.63, 3.8) is 0 Å². The minimum absolute atomic E-state index is 0.424. The molecule has 0 amide bonds. The number of benzene rings is 4. The quantitative estimate of drug-likeness (QED) is 0.191. The van der Waals surface area contributed by atoms with E-state index in [0.717, 1.165) is 22.3 Å². The molecule has 0 fully saturated rings. The first-order valence-corrected chi connectivity index (χ1v) is 13.1. The van der Waals surface area contributed by atoms with Gasteiger partial charge in [-0.15, -0.1) is 0 Å². The van der Waals surface area contributed by atoms with Gasteiger partial charge in [0.05, 0.1) is 11.1 Å². The first-order valence-electron chi connectivity index (χ1n) is 11.6. The van der Waals surface area contributed by atoms with Crippen LogP contribution in [0.5, 0.6) is 0 Å². The first kappa shape index (κ1) is 23.2. The van der Waals surface area contributed by atoms with Crippen molar-refractivity contribution in [3.05, 3.63) is 143 Å². The molecular weight excluding hydrogens is 584 g/mol. The summed E-state index contributed by atoms with van der Waals surface area (Å²) in [4.78, 5) is 26.7. The van der Waals surface area contributed by atoms with E-state index in [0.29, 0.717) is 11.1 Å². The number of fused-ring (bicyclic) bond motifs is 1. The number of carbonyl (C=O) groups excluding carboxylic acids is 2. The van der Waals surface area contributed by atoms with Crippen LogP contribution < -0.4 is 0 Å². The van der Waals surface area contributed by atoms with E-state index in [4.69, 9.17) is 9.47 Å². The molecule has 4 nitrogen and oxygen atoms in total. The minimum Gasteiger partial charge on any atom is -0.452 e. The molecule has 3 aliphatic rings. The SMILES string of the molecule is O=C(OC1C(OC(=O)c2ccccc2)C2(Br)c3ccccc3C1(Br)c1ccccc12)c1ccccc1. The van der Waals surface area contributed by atoms with E-state index < -0.39 is 32.8 Å². The first-order chi connectivity index (χ1) is 17.5. The van der Waals surface area contributed by atoms with Crippen molar-refractivity contribution in [2.45, 2.75) is 20.9 Å². The molecule has 2 unspecified atom stereocenters. The van der Waals surface area contributed by atoms with Gasteiger partial charge in [0.25, 0.3) is 0 Å². The van der Waals surface area contributed by atoms with Crippen LogP contribution in [0.3, 0.4) is 0 Å². The molecule has 3 aliphatic carbocycles. The Kier molecular flexibility index (Phi) is 5.61. The minimum atomic E-state index is -0.929. The van der Waals surface area contributed by atoms with Crippen LogP contribution in [0.4, 0.5) is 0 Å². The highest BCUT2D eigenvalue weighted by Gasteiger charge is 2.67. The van der Waals surface area contributed by atoms with Gasteiger partial charge in [-0.2, -0.15) is 0 Å². The molecule has 2 atom stereocenters. The summed E-state index contributed by atoms with van der Waals surface area (Å²) in [7, 11) is 0. The van der Waals surface area contributed by atoms with Crippen LogP contribution in [0, 0.1) is 0 Å². The van der Waals surface area contributed by atoms with Gasteiger partial charge in [-0.25, -0.2) is 9.59 Å². The second kappa shape index (κ2) is 8.71. The molecule has 36 heavy (non-hydrogen) atoms. The standard InChI is InChI=1S/C30H20Br2O4/c31-29-21-15-7-9-17-23(21)30(32,24-18-10-8-16-22(24)29)26(36-28(34)20-13-5-2-6-14-20)25(29)35-27(33)19-11-3-1-4-12-19/h1-18,25-26H. The zero-order valence-electron chi connectivity index (χ0n) is 18.9. The summed E-state index contributed by atoms with van der Waals surface area (Å²) in [6.07, 6.45) is -1.72. The van der Waals surface area contributed by atoms with Crippen LogP contribution in [-0.4, -0.2) is 24.1 Å². The lowest BCUT2D eigenvalue weighted by atomic mass is 9.60. The molecule has 0 aromatic heterocycles. The Morgan fingerprint density at radius 2 is 0.778 bits per heavy atom. The molecule has 0 heterocycles. The zero-order chi connectivity index (χ0) is 24.9. The highest BCUT2D eigenvalue weighted by molar-refractivity contribution is 9.10. The Morgan fingerprint density at radius 1 is 0.500 bits per heavy atom. The molecule has 0 N–H and O–H groups in total. The second-order valence-corrected chi connectivity index (χ2v) is 11.4. The molecule has 4 aromatic rings. The van der Waals surface area contributed by atoms with Gasteiger partial charge < -0.3 is 9.47 Å². The lowest BCUT2D eigenvalue weighted by molar-refractivity contribution is -0.0643. The molecule has 7 rings (SSSR count). The highest BCUT2D eigenvalue weighted by atomic mass is 79.9. The Hall–Kier alpha value is -3.22. The fraction of sp³-hybridized carbons (Fsp3) is 0.133. The number of hydrogen-bond donors (Lipinski definition) is 0. The Morgan fingerprint density at radius 3 is 1.08 bits per heavy atom. The van der Waals surface area contributed by atoms with Crippen LogP contribution in [0.2, 0.25) is 0 Å². The third-order valence-corrected chi connectivity index (χ3v) is 9.58. The second-order valence-electron chi connectivity index (χ2n) is 8.90. The number of alkyl halides is 2. The topological polar surface area (TPSA) is 52.6 Å². The normalized spacial score (nSPS) is 25.4. The van der Waals surface area contributed by atoms with E-state index in [9.17, 15) is 9.59 Å². The number of carbonyl (C=O) groups is 2. The molecule has 0 saturated carbocycles. The zero-order valence-corrected chi connectivity index (χ0v) is 22.1. The van der Waals surface area contributed by atoms with Gasteiger partial charge in [-0.1, -0.05) is 117 Å². The molecule has 0 saturated heterocycles. The number of rotatable bonds is 4. The number of esters is 2. The fourth-order valence-corrected chi connectivity index (χ4v) is 7.41. The molecule has 4 aromatic carbocycles. The van der Waals surface area contributed by atoms with Gasteiger partial charge in [0.15, 0.2) is 12.2 Å². The van der Waals surface area contributed by atoms with E-state index in [1.807, 2.05) is 60.7 Å². The van der Waals surface area contributed by atoms with Crippen molar-refractivity contribution < 1.29 is 19.1 Å². The van der Waals surface area contributed by atoms with Gasteiger partial charge in [-0.05, 0) is 46.5 Å². The average Bonchev–Trinajstić information content (AvgIpc) is 2.93. The van der Waals surface area contributed by atoms with Crippen molar-refractivity contribution in [1.29, 1.82) is 0 Å². The molecule has 0 spiro atoms. The van der Waals surface area contributed by atoms with Gasteiger partial charge in [-0.3, -0.25) is 0 Å². The summed E-state index contributed by atoms with van der Waals surface area (Å²) in [5, 5.41) is 0. The van der Waals surface area contributed by atoms with Crippen LogP contribution in [-0.2, 0) is 18.1 Å². The smallest absolute Gasteiger partial charge is 0.338 e. The number of hydrogen-bond acceptors (Lipinski definition) is 4. The van der Waals surface area contributed by atoms with Crippen molar-refractivity contribution in [2.24, 2.45) is 0 Å². The summed E-state index contributed by atoms with van der Waals surface area (Å²) in [6, 6.07) is 33.6. The van der Waals surface area contributed by atoms with Gasteiger partial charge in [0.1, 0.15) is 8.65 Å². The van der Waals surface area contributed by atoms with Gasteiger partial charge in [0, 0.05) is 0 Å². The average molecular weight is 604 g/mol. The Bertz CT molecular complexity index is 1310. The van der Waals surface area contributed by atoms with E-state index in [2.05, 4.69) is 31.9 Å². The predicted octanol–water partition coefficient (Wildman–Crippen LogP) is 6.74. The van der Waals surface area contributed by atoms with E-state index in [1.54, 1.807) is 48.5 Å². The maximum atomic E-state index is 13.4. The lowest BCUT2D eigenvalue weighted by Gasteiger charge is -2.57. The van der Waals surface area contributed by atoms with E-state index >= 15 is 0 Å². The fourth-order valence-electron chi connectivity index (χ4n) is 5.36. The number of halogens is 2. The number of ether oxygens (including phenoxy) is 2. The maximum absolute atomic E-state index is 13.4. The summed E-state index contributed by atoms with van der Waals surface area (Å²) in [5.74, 6) is -0.974.